The maximum absolute atomic E-state index is 13.1. The molecule has 3 N–H and O–H groups in total. The van der Waals surface area contributed by atoms with E-state index >= 15 is 0 Å². The van der Waals surface area contributed by atoms with E-state index in [4.69, 9.17) is 37.0 Å². The fourth-order valence-electron chi connectivity index (χ4n) is 12.4. The molecule has 0 radical (unpaired) electrons. The zero-order valence-corrected chi connectivity index (χ0v) is 67.9. The van der Waals surface area contributed by atoms with Gasteiger partial charge in [-0.2, -0.15) is 0 Å². The van der Waals surface area contributed by atoms with Crippen LogP contribution >= 0.6 is 15.6 Å². The summed E-state index contributed by atoms with van der Waals surface area (Å²) in [5.74, 6) is -2.13. The third-order valence-corrected chi connectivity index (χ3v) is 20.9. The van der Waals surface area contributed by atoms with Gasteiger partial charge >= 0.3 is 39.5 Å². The highest BCUT2D eigenvalue weighted by molar-refractivity contribution is 7.47. The van der Waals surface area contributed by atoms with Crippen molar-refractivity contribution in [3.05, 3.63) is 24.3 Å². The Bertz CT molecular complexity index is 2020. The quantitative estimate of drug-likeness (QED) is 0.0169. The van der Waals surface area contributed by atoms with Gasteiger partial charge in [0.15, 0.2) is 12.2 Å². The van der Waals surface area contributed by atoms with Gasteiger partial charge in [-0.25, -0.2) is 9.13 Å². The molecule has 19 heteroatoms. The van der Waals surface area contributed by atoms with E-state index in [1.165, 1.54) is 238 Å². The Morgan fingerprint density at radius 2 is 0.480 bits per heavy atom. The number of allylic oxidation sites excluding steroid dienone is 4. The maximum Gasteiger partial charge on any atom is 0.472 e. The number of rotatable bonds is 82. The Morgan fingerprint density at radius 3 is 0.745 bits per heavy atom. The lowest BCUT2D eigenvalue weighted by molar-refractivity contribution is -0.161. The molecular formula is C83H158O17P2. The number of carbonyl (C=O) groups is 4. The molecule has 602 valence electrons. The number of hydrogen-bond donors (Lipinski definition) is 3. The summed E-state index contributed by atoms with van der Waals surface area (Å²) in [4.78, 5) is 73.1. The summed E-state index contributed by atoms with van der Waals surface area (Å²) < 4.78 is 68.8. The lowest BCUT2D eigenvalue weighted by Crippen LogP contribution is -2.30. The Morgan fingerprint density at radius 1 is 0.275 bits per heavy atom. The molecule has 0 aliphatic heterocycles. The first-order valence-corrected chi connectivity index (χ1v) is 45.6. The Labute approximate surface area is 624 Å². The molecule has 2 unspecified atom stereocenters. The van der Waals surface area contributed by atoms with Crippen LogP contribution in [-0.4, -0.2) is 96.7 Å². The van der Waals surface area contributed by atoms with E-state index in [0.29, 0.717) is 25.7 Å². The van der Waals surface area contributed by atoms with Gasteiger partial charge in [0, 0.05) is 25.7 Å². The van der Waals surface area contributed by atoms with E-state index < -0.39 is 97.5 Å². The Balaban J connectivity index is 5.29. The number of aliphatic hydroxyl groups is 1. The van der Waals surface area contributed by atoms with Crippen molar-refractivity contribution in [1.29, 1.82) is 0 Å². The average molecular weight is 1490 g/mol. The molecule has 17 nitrogen and oxygen atoms in total. The number of phosphoric acid groups is 2. The molecule has 0 aliphatic carbocycles. The van der Waals surface area contributed by atoms with E-state index in [1.807, 2.05) is 0 Å². The first kappa shape index (κ1) is 99.5. The zero-order valence-electron chi connectivity index (χ0n) is 66.1. The number of hydrogen-bond acceptors (Lipinski definition) is 15. The van der Waals surface area contributed by atoms with Gasteiger partial charge in [-0.1, -0.05) is 367 Å². The molecule has 0 aromatic heterocycles. The van der Waals surface area contributed by atoms with Gasteiger partial charge in [-0.05, 0) is 57.8 Å². The summed E-state index contributed by atoms with van der Waals surface area (Å²) in [6.07, 6.45) is 72.8. The van der Waals surface area contributed by atoms with Gasteiger partial charge in [0.1, 0.15) is 19.3 Å². The summed E-state index contributed by atoms with van der Waals surface area (Å²) in [6, 6.07) is 0. The van der Waals surface area contributed by atoms with Crippen molar-refractivity contribution in [2.75, 3.05) is 39.6 Å². The number of unbranched alkanes of at least 4 members (excludes halogenated alkanes) is 52. The van der Waals surface area contributed by atoms with E-state index in [9.17, 15) is 43.2 Å². The second kappa shape index (κ2) is 76.7. The van der Waals surface area contributed by atoms with Crippen LogP contribution < -0.4 is 0 Å². The molecule has 0 saturated carbocycles. The minimum absolute atomic E-state index is 0.0878. The van der Waals surface area contributed by atoms with E-state index in [-0.39, 0.29) is 25.7 Å². The van der Waals surface area contributed by atoms with Crippen molar-refractivity contribution in [2.45, 2.75) is 444 Å². The highest BCUT2D eigenvalue weighted by Crippen LogP contribution is 2.45. The molecule has 0 aromatic rings. The minimum atomic E-state index is -4.97. The number of esters is 4. The highest BCUT2D eigenvalue weighted by Gasteiger charge is 2.30. The van der Waals surface area contributed by atoms with Crippen LogP contribution in [0.15, 0.2) is 24.3 Å². The third-order valence-electron chi connectivity index (χ3n) is 18.9. The lowest BCUT2D eigenvalue weighted by atomic mass is 10.0. The van der Waals surface area contributed by atoms with Gasteiger partial charge < -0.3 is 33.8 Å². The van der Waals surface area contributed by atoms with Crippen molar-refractivity contribution in [3.63, 3.8) is 0 Å². The van der Waals surface area contributed by atoms with Crippen LogP contribution in [0.1, 0.15) is 426 Å². The molecule has 0 aliphatic rings. The van der Waals surface area contributed by atoms with E-state index in [1.54, 1.807) is 0 Å². The van der Waals surface area contributed by atoms with Crippen LogP contribution in [-0.2, 0) is 65.4 Å². The van der Waals surface area contributed by atoms with E-state index in [2.05, 4.69) is 52.0 Å². The van der Waals surface area contributed by atoms with Crippen molar-refractivity contribution < 1.29 is 80.2 Å². The first-order chi connectivity index (χ1) is 49.7. The van der Waals surface area contributed by atoms with Gasteiger partial charge in [-0.3, -0.25) is 37.3 Å². The molecule has 102 heavy (non-hydrogen) atoms. The standard InChI is InChI=1S/C83H158O17P2/c1-5-9-13-17-21-25-29-33-37-38-42-44-48-52-56-60-64-68-81(86)94-74-79(100-83(88)70-66-62-58-54-50-46-41-36-32-28-24-20-16-12-8-4)76-98-102(91,92)96-72-77(84)71-95-101(89,90)97-75-78(99-82(87)69-65-61-57-53-49-45-40-35-31-27-23-19-15-11-7-3)73-93-80(85)67-63-59-55-51-47-43-39-34-30-26-22-18-14-10-6-2/h23,27,35,40,77-79,84H,5-22,24-26,28-34,36-39,41-76H2,1-4H3,(H,89,90)(H,91,92)/b27-23-,40-35-/t77-,78-,79-/m1/s1. The van der Waals surface area contributed by atoms with Crippen LogP contribution in [0, 0.1) is 0 Å². The van der Waals surface area contributed by atoms with Crippen LogP contribution in [0.5, 0.6) is 0 Å². The molecule has 0 fully saturated rings. The maximum atomic E-state index is 13.1. The van der Waals surface area contributed by atoms with Gasteiger partial charge in [0.25, 0.3) is 0 Å². The summed E-state index contributed by atoms with van der Waals surface area (Å²) in [5.41, 5.74) is 0. The van der Waals surface area contributed by atoms with E-state index in [0.717, 1.165) is 109 Å². The smallest absolute Gasteiger partial charge is 0.462 e. The molecule has 0 aromatic carbocycles. The number of carbonyl (C=O) groups excluding carboxylic acids is 4. The summed E-state index contributed by atoms with van der Waals surface area (Å²) in [6.45, 7) is 4.98. The number of ether oxygens (including phenoxy) is 4. The van der Waals surface area contributed by atoms with Gasteiger partial charge in [0.2, 0.25) is 0 Å². The average Bonchev–Trinajstić information content (AvgIpc) is 2.02. The SMILES string of the molecule is CCCCC/C=C\C/C=C\CCCCCCCC(=O)O[C@H](COC(=O)CCCCCCCCCCCCCCCCC)COP(=O)(O)OC[C@@H](O)COP(=O)(O)OC[C@@H](COC(=O)CCCCCCCCCCCCCCCCCCC)OC(=O)CCCCCCCCCCCCCCCCC. The van der Waals surface area contributed by atoms with Crippen molar-refractivity contribution >= 4 is 39.5 Å². The summed E-state index contributed by atoms with van der Waals surface area (Å²) in [7, 11) is -9.93. The highest BCUT2D eigenvalue weighted by atomic mass is 31.2. The van der Waals surface area contributed by atoms with Crippen LogP contribution in [0.4, 0.5) is 0 Å². The predicted molar refractivity (Wildman–Crippen MR) is 418 cm³/mol. The fourth-order valence-corrected chi connectivity index (χ4v) is 14.0. The molecule has 0 heterocycles. The monoisotopic (exact) mass is 1490 g/mol. The number of phosphoric ester groups is 2. The van der Waals surface area contributed by atoms with Gasteiger partial charge in [-0.15, -0.1) is 0 Å². The molecular weight excluding hydrogens is 1330 g/mol. The number of aliphatic hydroxyl groups excluding tert-OH is 1. The minimum Gasteiger partial charge on any atom is -0.462 e. The van der Waals surface area contributed by atoms with Crippen LogP contribution in [0.3, 0.4) is 0 Å². The Hall–Kier alpha value is -2.46. The molecule has 0 saturated heterocycles. The molecule has 0 amide bonds. The topological polar surface area (TPSA) is 237 Å². The molecule has 5 atom stereocenters. The summed E-state index contributed by atoms with van der Waals surface area (Å²) in [5, 5.41) is 10.7. The largest absolute Gasteiger partial charge is 0.472 e. The molecule has 0 rings (SSSR count). The predicted octanol–water partition coefficient (Wildman–Crippen LogP) is 24.9. The normalized spacial score (nSPS) is 13.9. The lowest BCUT2D eigenvalue weighted by Gasteiger charge is -2.21. The zero-order chi connectivity index (χ0) is 74.6. The van der Waals surface area contributed by atoms with Crippen molar-refractivity contribution in [3.8, 4) is 0 Å². The summed E-state index contributed by atoms with van der Waals surface area (Å²) >= 11 is 0. The molecule has 0 spiro atoms. The van der Waals surface area contributed by atoms with Crippen LogP contribution in [0.2, 0.25) is 0 Å². The Kier molecular flexibility index (Phi) is 74.9. The third kappa shape index (κ3) is 75.8. The van der Waals surface area contributed by atoms with Crippen molar-refractivity contribution in [1.82, 2.24) is 0 Å². The first-order valence-electron chi connectivity index (χ1n) is 42.6. The van der Waals surface area contributed by atoms with Gasteiger partial charge in [0.05, 0.1) is 26.4 Å². The second-order valence-electron chi connectivity index (χ2n) is 29.2. The van der Waals surface area contributed by atoms with Crippen LogP contribution in [0.25, 0.3) is 0 Å². The second-order valence-corrected chi connectivity index (χ2v) is 32.1. The molecule has 0 bridgehead atoms. The fraction of sp³-hybridized carbons (Fsp3) is 0.904. The van der Waals surface area contributed by atoms with Crippen molar-refractivity contribution in [2.24, 2.45) is 0 Å².